The maximum atomic E-state index is 12.7. The number of carbonyl (C=O) groups excluding carboxylic acids is 2. The zero-order valence-corrected chi connectivity index (χ0v) is 13.4. The first-order valence-electron chi connectivity index (χ1n) is 7.45. The van der Waals surface area contributed by atoms with E-state index in [2.05, 4.69) is 5.32 Å². The van der Waals surface area contributed by atoms with E-state index in [0.29, 0.717) is 11.3 Å². The number of nitrogens with one attached hydrogen (secondary N) is 1. The number of amides is 2. The molecule has 2 aromatic carbocycles. The van der Waals surface area contributed by atoms with E-state index in [9.17, 15) is 14.4 Å². The molecule has 1 aromatic heterocycles. The lowest BCUT2D eigenvalue weighted by atomic mass is 10.1. The molecule has 3 rings (SSSR count). The highest BCUT2D eigenvalue weighted by Gasteiger charge is 2.24. The van der Waals surface area contributed by atoms with Crippen LogP contribution in [0.1, 0.15) is 20.7 Å². The van der Waals surface area contributed by atoms with E-state index in [1.807, 2.05) is 6.07 Å². The highest BCUT2D eigenvalue weighted by atomic mass is 16.5. The van der Waals surface area contributed by atoms with Gasteiger partial charge in [-0.15, -0.1) is 0 Å². The van der Waals surface area contributed by atoms with Crippen LogP contribution in [0.3, 0.4) is 0 Å². The predicted molar refractivity (Wildman–Crippen MR) is 92.3 cm³/mol. The molecule has 0 bridgehead atoms. The topological polar surface area (TPSA) is 107 Å². The number of primary amides is 1. The smallest absolute Gasteiger partial charge is 0.366 e. The number of hydrogen-bond acceptors (Lipinski definition) is 4. The lowest BCUT2D eigenvalue weighted by Gasteiger charge is -2.09. The number of benzene rings is 2. The van der Waals surface area contributed by atoms with Crippen molar-refractivity contribution in [3.8, 4) is 11.3 Å². The normalized spacial score (nSPS) is 10.4. The van der Waals surface area contributed by atoms with Gasteiger partial charge in [0, 0.05) is 12.6 Å². The van der Waals surface area contributed by atoms with E-state index >= 15 is 0 Å². The summed E-state index contributed by atoms with van der Waals surface area (Å²) in [5.41, 5.74) is 5.77. The van der Waals surface area contributed by atoms with Crippen molar-refractivity contribution in [2.75, 3.05) is 5.32 Å². The zero-order chi connectivity index (χ0) is 18.0. The fourth-order valence-electron chi connectivity index (χ4n) is 2.58. The van der Waals surface area contributed by atoms with E-state index < -0.39 is 17.4 Å². The predicted octanol–water partition coefficient (Wildman–Crippen LogP) is 2.00. The summed E-state index contributed by atoms with van der Waals surface area (Å²) in [4.78, 5) is 36.3. The van der Waals surface area contributed by atoms with Gasteiger partial charge in [0.25, 0.3) is 11.8 Å². The van der Waals surface area contributed by atoms with Gasteiger partial charge in [-0.2, -0.15) is 0 Å². The Labute approximate surface area is 142 Å². The monoisotopic (exact) mass is 337 g/mol. The molecule has 7 heteroatoms. The molecule has 0 atom stereocenters. The fraction of sp³-hybridized carbons (Fsp3) is 0.0556. The Hall–Kier alpha value is -3.61. The van der Waals surface area contributed by atoms with Gasteiger partial charge in [0.2, 0.25) is 0 Å². The molecule has 2 amide bonds. The van der Waals surface area contributed by atoms with Crippen molar-refractivity contribution in [1.29, 1.82) is 0 Å². The molecule has 0 saturated carbocycles. The highest BCUT2D eigenvalue weighted by molar-refractivity contribution is 6.11. The first kappa shape index (κ1) is 16.3. The minimum Gasteiger partial charge on any atom is -0.366 e. The number of nitrogens with zero attached hydrogens (tertiary/aromatic N) is 1. The summed E-state index contributed by atoms with van der Waals surface area (Å²) in [5, 5.41) is 2.56. The Morgan fingerprint density at radius 1 is 1.04 bits per heavy atom. The highest BCUT2D eigenvalue weighted by Crippen LogP contribution is 2.23. The van der Waals surface area contributed by atoms with Gasteiger partial charge in [-0.05, 0) is 12.1 Å². The van der Waals surface area contributed by atoms with Crippen LogP contribution in [0.5, 0.6) is 0 Å². The number of nitrogens with two attached hydrogens (primary N) is 1. The SMILES string of the molecule is Cn1oc(=O)c(C(=O)Nc2ccccc2C(N)=O)c1-c1ccccc1. The lowest BCUT2D eigenvalue weighted by Crippen LogP contribution is -2.22. The second-order valence-corrected chi connectivity index (χ2v) is 5.33. The zero-order valence-electron chi connectivity index (χ0n) is 13.4. The molecule has 0 aliphatic heterocycles. The minimum atomic E-state index is -0.768. The molecule has 0 aliphatic carbocycles. The summed E-state index contributed by atoms with van der Waals surface area (Å²) >= 11 is 0. The maximum absolute atomic E-state index is 12.7. The fourth-order valence-corrected chi connectivity index (χ4v) is 2.58. The number of carbonyl (C=O) groups is 2. The molecule has 25 heavy (non-hydrogen) atoms. The molecule has 7 nitrogen and oxygen atoms in total. The molecule has 0 spiro atoms. The third kappa shape index (κ3) is 3.07. The van der Waals surface area contributed by atoms with Crippen molar-refractivity contribution in [3.63, 3.8) is 0 Å². The number of hydrogen-bond donors (Lipinski definition) is 2. The van der Waals surface area contributed by atoms with Crippen LogP contribution >= 0.6 is 0 Å². The van der Waals surface area contributed by atoms with Crippen LogP contribution < -0.4 is 16.7 Å². The summed E-state index contributed by atoms with van der Waals surface area (Å²) < 4.78 is 6.29. The Kier molecular flexibility index (Phi) is 4.21. The van der Waals surface area contributed by atoms with E-state index in [4.69, 9.17) is 10.3 Å². The molecule has 3 N–H and O–H groups in total. The number of anilines is 1. The largest absolute Gasteiger partial charge is 0.370 e. The Balaban J connectivity index is 2.05. The van der Waals surface area contributed by atoms with Crippen LogP contribution in [0, 0.1) is 0 Å². The maximum Gasteiger partial charge on any atom is 0.370 e. The Bertz CT molecular complexity index is 1000. The first-order valence-corrected chi connectivity index (χ1v) is 7.45. The van der Waals surface area contributed by atoms with Crippen molar-refractivity contribution in [3.05, 3.63) is 76.1 Å². The summed E-state index contributed by atoms with van der Waals surface area (Å²) in [6, 6.07) is 15.2. The number of rotatable bonds is 4. The van der Waals surface area contributed by atoms with Gasteiger partial charge in [0.1, 0.15) is 5.69 Å². The lowest BCUT2D eigenvalue weighted by molar-refractivity contribution is 0.100. The van der Waals surface area contributed by atoms with E-state index in [1.54, 1.807) is 36.4 Å². The Morgan fingerprint density at radius 3 is 2.36 bits per heavy atom. The average Bonchev–Trinajstić information content (AvgIpc) is 2.90. The molecule has 0 saturated heterocycles. The molecule has 0 unspecified atom stereocenters. The molecular formula is C18H15N3O4. The van der Waals surface area contributed by atoms with Crippen LogP contribution in [-0.2, 0) is 7.05 Å². The van der Waals surface area contributed by atoms with Gasteiger partial charge >= 0.3 is 5.63 Å². The summed E-state index contributed by atoms with van der Waals surface area (Å²) in [5.74, 6) is -1.36. The molecule has 0 fully saturated rings. The van der Waals surface area contributed by atoms with Crippen LogP contribution in [0.25, 0.3) is 11.3 Å². The van der Waals surface area contributed by atoms with Gasteiger partial charge < -0.3 is 15.6 Å². The van der Waals surface area contributed by atoms with Gasteiger partial charge in [-0.25, -0.2) is 9.53 Å². The number of para-hydroxylation sites is 1. The number of aromatic nitrogens is 1. The molecule has 0 radical (unpaired) electrons. The van der Waals surface area contributed by atoms with Crippen molar-refractivity contribution < 1.29 is 14.1 Å². The summed E-state index contributed by atoms with van der Waals surface area (Å²) in [6.45, 7) is 0. The standard InChI is InChI=1S/C18H15N3O4/c1-21-15(11-7-3-2-4-8-11)14(18(24)25-21)17(23)20-13-10-6-5-9-12(13)16(19)22/h2-10H,1H3,(H2,19,22)(H,20,23). The van der Waals surface area contributed by atoms with Crippen molar-refractivity contribution in [2.45, 2.75) is 0 Å². The number of aryl methyl sites for hydroxylation is 1. The molecule has 3 aromatic rings. The quantitative estimate of drug-likeness (QED) is 0.759. The molecule has 0 aliphatic rings. The van der Waals surface area contributed by atoms with E-state index in [0.717, 1.165) is 0 Å². The second kappa shape index (κ2) is 6.48. The van der Waals surface area contributed by atoms with Gasteiger partial charge in [0.15, 0.2) is 5.56 Å². The van der Waals surface area contributed by atoms with E-state index in [-0.39, 0.29) is 16.8 Å². The summed E-state index contributed by atoms with van der Waals surface area (Å²) in [7, 11) is 1.54. The van der Waals surface area contributed by atoms with Crippen molar-refractivity contribution >= 4 is 17.5 Å². The van der Waals surface area contributed by atoms with E-state index in [1.165, 1.54) is 23.9 Å². The van der Waals surface area contributed by atoms with Crippen LogP contribution in [-0.4, -0.2) is 16.6 Å². The van der Waals surface area contributed by atoms with Crippen LogP contribution in [0.15, 0.2) is 63.9 Å². The summed E-state index contributed by atoms with van der Waals surface area (Å²) in [6.07, 6.45) is 0. The third-order valence-electron chi connectivity index (χ3n) is 3.69. The minimum absolute atomic E-state index is 0.145. The van der Waals surface area contributed by atoms with Crippen LogP contribution in [0.4, 0.5) is 5.69 Å². The average molecular weight is 337 g/mol. The van der Waals surface area contributed by atoms with Gasteiger partial charge in [-0.3, -0.25) is 9.59 Å². The first-order chi connectivity index (χ1) is 12.0. The van der Waals surface area contributed by atoms with Crippen LogP contribution in [0.2, 0.25) is 0 Å². The van der Waals surface area contributed by atoms with Gasteiger partial charge in [-0.1, -0.05) is 42.5 Å². The second-order valence-electron chi connectivity index (χ2n) is 5.33. The van der Waals surface area contributed by atoms with Gasteiger partial charge in [0.05, 0.1) is 11.3 Å². The molecule has 1 heterocycles. The van der Waals surface area contributed by atoms with Crippen molar-refractivity contribution in [1.82, 2.24) is 4.74 Å². The molecular weight excluding hydrogens is 322 g/mol. The molecule has 126 valence electrons. The van der Waals surface area contributed by atoms with Crippen molar-refractivity contribution in [2.24, 2.45) is 12.8 Å². The third-order valence-corrected chi connectivity index (χ3v) is 3.69. The Morgan fingerprint density at radius 2 is 1.68 bits per heavy atom.